The first-order valence-electron chi connectivity index (χ1n) is 12.6. The van der Waals surface area contributed by atoms with Gasteiger partial charge in [-0.25, -0.2) is 8.42 Å². The van der Waals surface area contributed by atoms with Crippen LogP contribution in [0.1, 0.15) is 51.6 Å². The average Bonchev–Trinajstić information content (AvgIpc) is 3.55. The largest absolute Gasteiger partial charge is 0.497 e. The van der Waals surface area contributed by atoms with Crippen LogP contribution in [-0.4, -0.2) is 72.9 Å². The first-order chi connectivity index (χ1) is 18.1. The molecule has 1 saturated heterocycles. The molecule has 0 spiro atoms. The number of hydrogen-bond acceptors (Lipinski definition) is 8. The fourth-order valence-corrected chi connectivity index (χ4v) is 6.34. The summed E-state index contributed by atoms with van der Waals surface area (Å²) in [6.07, 6.45) is 2.48. The minimum Gasteiger partial charge on any atom is -0.497 e. The van der Waals surface area contributed by atoms with Crippen LogP contribution >= 0.6 is 0 Å². The van der Waals surface area contributed by atoms with Gasteiger partial charge in [-0.05, 0) is 74.2 Å². The zero-order chi connectivity index (χ0) is 27.4. The third-order valence-electron chi connectivity index (χ3n) is 6.72. The molecule has 1 amide bonds. The molecular formula is C27H35N5O5S. The van der Waals surface area contributed by atoms with Gasteiger partial charge in [0.1, 0.15) is 5.75 Å². The van der Waals surface area contributed by atoms with Crippen LogP contribution in [0.3, 0.4) is 0 Å². The zero-order valence-corrected chi connectivity index (χ0v) is 23.4. The van der Waals surface area contributed by atoms with Crippen molar-refractivity contribution < 1.29 is 22.5 Å². The molecular weight excluding hydrogens is 506 g/mol. The Kier molecular flexibility index (Phi) is 8.49. The van der Waals surface area contributed by atoms with Crippen LogP contribution in [0, 0.1) is 13.8 Å². The van der Waals surface area contributed by atoms with Gasteiger partial charge in [0.2, 0.25) is 15.9 Å². The Bertz CT molecular complexity index is 1380. The molecule has 2 aromatic carbocycles. The number of methoxy groups -OCH3 is 1. The van der Waals surface area contributed by atoms with E-state index in [9.17, 15) is 13.2 Å². The van der Waals surface area contributed by atoms with Crippen molar-refractivity contribution in [3.05, 3.63) is 70.4 Å². The maximum atomic E-state index is 13.3. The first kappa shape index (κ1) is 27.7. The van der Waals surface area contributed by atoms with Crippen molar-refractivity contribution in [3.8, 4) is 5.75 Å². The fraction of sp³-hybridized carbons (Fsp3) is 0.444. The first-order valence-corrected chi connectivity index (χ1v) is 14.0. The van der Waals surface area contributed by atoms with E-state index in [0.29, 0.717) is 23.4 Å². The van der Waals surface area contributed by atoms with Gasteiger partial charge in [-0.15, -0.1) is 0 Å². The van der Waals surface area contributed by atoms with Crippen molar-refractivity contribution in [3.63, 3.8) is 0 Å². The van der Waals surface area contributed by atoms with Crippen molar-refractivity contribution in [1.29, 1.82) is 0 Å². The molecule has 4 rings (SSSR count). The van der Waals surface area contributed by atoms with E-state index < -0.39 is 15.9 Å². The summed E-state index contributed by atoms with van der Waals surface area (Å²) in [5.74, 6) is 0.101. The highest BCUT2D eigenvalue weighted by atomic mass is 32.2. The van der Waals surface area contributed by atoms with Crippen molar-refractivity contribution in [2.75, 3.05) is 34.3 Å². The molecule has 1 aliphatic rings. The SMILES string of the molecule is COc1cc(C)c(S(=O)(=O)N(C)Cc2nc(C(=O)N(C)Cc3cccc(CN4CCCC4)c3)no2)c(C)c1. The Labute approximate surface area is 224 Å². The number of aromatic nitrogens is 2. The summed E-state index contributed by atoms with van der Waals surface area (Å²) in [6, 6.07) is 11.6. The van der Waals surface area contributed by atoms with Crippen LogP contribution in [-0.2, 0) is 29.7 Å². The lowest BCUT2D eigenvalue weighted by Gasteiger charge is -2.19. The summed E-state index contributed by atoms with van der Waals surface area (Å²) in [5, 5.41) is 3.81. The molecule has 1 aliphatic heterocycles. The molecule has 38 heavy (non-hydrogen) atoms. The molecule has 0 aliphatic carbocycles. The normalized spacial score (nSPS) is 14.3. The molecule has 0 radical (unpaired) electrons. The van der Waals surface area contributed by atoms with E-state index in [1.54, 1.807) is 33.0 Å². The smallest absolute Gasteiger partial charge is 0.295 e. The molecule has 10 nitrogen and oxygen atoms in total. The van der Waals surface area contributed by atoms with E-state index in [4.69, 9.17) is 9.26 Å². The van der Waals surface area contributed by atoms with Gasteiger partial charge in [-0.3, -0.25) is 9.69 Å². The topological polar surface area (TPSA) is 109 Å². The third-order valence-corrected chi connectivity index (χ3v) is 8.83. The third kappa shape index (κ3) is 6.23. The Morgan fingerprint density at radius 1 is 1.05 bits per heavy atom. The number of aryl methyl sites for hydroxylation is 2. The van der Waals surface area contributed by atoms with Crippen LogP contribution in [0.4, 0.5) is 0 Å². The molecule has 0 N–H and O–H groups in total. The van der Waals surface area contributed by atoms with Crippen molar-refractivity contribution in [2.45, 2.75) is 51.2 Å². The Morgan fingerprint density at radius 3 is 2.37 bits per heavy atom. The number of benzene rings is 2. The summed E-state index contributed by atoms with van der Waals surface area (Å²) >= 11 is 0. The lowest BCUT2D eigenvalue weighted by Crippen LogP contribution is -2.28. The highest BCUT2D eigenvalue weighted by Crippen LogP contribution is 2.28. The summed E-state index contributed by atoms with van der Waals surface area (Å²) in [5.41, 5.74) is 3.37. The average molecular weight is 542 g/mol. The van der Waals surface area contributed by atoms with Gasteiger partial charge in [0, 0.05) is 27.2 Å². The fourth-order valence-electron chi connectivity index (χ4n) is 4.81. The summed E-state index contributed by atoms with van der Waals surface area (Å²) < 4.78 is 38.2. The molecule has 3 aromatic rings. The number of hydrogen-bond donors (Lipinski definition) is 0. The second-order valence-electron chi connectivity index (χ2n) is 9.83. The number of carbonyl (C=O) groups is 1. The van der Waals surface area contributed by atoms with E-state index in [-0.39, 0.29) is 23.2 Å². The van der Waals surface area contributed by atoms with Crippen LogP contribution in [0.5, 0.6) is 5.75 Å². The molecule has 1 aromatic heterocycles. The number of likely N-dealkylation sites (tertiary alicyclic amines) is 1. The van der Waals surface area contributed by atoms with E-state index in [1.807, 2.05) is 12.1 Å². The van der Waals surface area contributed by atoms with Gasteiger partial charge in [0.25, 0.3) is 11.7 Å². The Hall–Kier alpha value is -3.28. The highest BCUT2D eigenvalue weighted by Gasteiger charge is 2.28. The molecule has 0 saturated carbocycles. The van der Waals surface area contributed by atoms with Gasteiger partial charge in [0.05, 0.1) is 18.6 Å². The van der Waals surface area contributed by atoms with E-state index in [0.717, 1.165) is 29.5 Å². The van der Waals surface area contributed by atoms with Gasteiger partial charge >= 0.3 is 0 Å². The predicted octanol–water partition coefficient (Wildman–Crippen LogP) is 3.38. The Balaban J connectivity index is 1.41. The summed E-state index contributed by atoms with van der Waals surface area (Å²) in [6.45, 7) is 6.81. The summed E-state index contributed by atoms with van der Waals surface area (Å²) in [4.78, 5) is 21.3. The minimum atomic E-state index is -3.85. The van der Waals surface area contributed by atoms with Gasteiger partial charge in [0.15, 0.2) is 0 Å². The number of sulfonamides is 1. The van der Waals surface area contributed by atoms with Crippen LogP contribution < -0.4 is 4.74 Å². The van der Waals surface area contributed by atoms with Gasteiger partial charge in [-0.1, -0.05) is 29.4 Å². The number of nitrogens with zero attached hydrogens (tertiary/aromatic N) is 5. The molecule has 1 fully saturated rings. The molecule has 0 atom stereocenters. The maximum Gasteiger partial charge on any atom is 0.295 e. The maximum absolute atomic E-state index is 13.3. The second-order valence-corrected chi connectivity index (χ2v) is 11.8. The van der Waals surface area contributed by atoms with E-state index in [1.165, 1.54) is 37.5 Å². The summed E-state index contributed by atoms with van der Waals surface area (Å²) in [7, 11) is 0.795. The quantitative estimate of drug-likeness (QED) is 0.384. The van der Waals surface area contributed by atoms with Gasteiger partial charge in [-0.2, -0.15) is 9.29 Å². The van der Waals surface area contributed by atoms with Crippen LogP contribution in [0.25, 0.3) is 0 Å². The van der Waals surface area contributed by atoms with Crippen molar-refractivity contribution in [1.82, 2.24) is 24.2 Å². The molecule has 0 bridgehead atoms. The van der Waals surface area contributed by atoms with E-state index >= 15 is 0 Å². The minimum absolute atomic E-state index is 0.0317. The predicted molar refractivity (Wildman–Crippen MR) is 142 cm³/mol. The monoisotopic (exact) mass is 541 g/mol. The molecule has 11 heteroatoms. The number of carbonyl (C=O) groups excluding carboxylic acids is 1. The van der Waals surface area contributed by atoms with E-state index in [2.05, 4.69) is 27.2 Å². The molecule has 0 unspecified atom stereocenters. The standard InChI is InChI=1S/C27H35N5O5S/c1-19-13-23(36-5)14-20(2)25(19)38(34,35)31(4)18-24-28-26(29-37-24)27(33)30(3)16-21-9-8-10-22(15-21)17-32-11-6-7-12-32/h8-10,13-15H,6-7,11-12,16-18H2,1-5H3. The number of ether oxygens (including phenoxy) is 1. The van der Waals surface area contributed by atoms with Crippen molar-refractivity contribution in [2.24, 2.45) is 0 Å². The zero-order valence-electron chi connectivity index (χ0n) is 22.6. The second kappa shape index (κ2) is 11.6. The lowest BCUT2D eigenvalue weighted by molar-refractivity contribution is 0.0769. The molecule has 2 heterocycles. The molecule has 204 valence electrons. The number of rotatable bonds is 10. The Morgan fingerprint density at radius 2 is 1.71 bits per heavy atom. The van der Waals surface area contributed by atoms with Crippen LogP contribution in [0.15, 0.2) is 45.8 Å². The van der Waals surface area contributed by atoms with Crippen LogP contribution in [0.2, 0.25) is 0 Å². The van der Waals surface area contributed by atoms with Crippen molar-refractivity contribution >= 4 is 15.9 Å². The highest BCUT2D eigenvalue weighted by molar-refractivity contribution is 7.89. The number of amides is 1. The lowest BCUT2D eigenvalue weighted by atomic mass is 10.1. The van der Waals surface area contributed by atoms with Gasteiger partial charge < -0.3 is 14.2 Å².